The Morgan fingerprint density at radius 2 is 0.486 bits per heavy atom. The summed E-state index contributed by atoms with van der Waals surface area (Å²) in [6, 6.07) is 179. The van der Waals surface area contributed by atoms with E-state index in [-0.39, 0.29) is 27.9 Å². The first-order valence-corrected chi connectivity index (χ1v) is 51.5. The summed E-state index contributed by atoms with van der Waals surface area (Å²) < 4.78 is 43.4. The first kappa shape index (κ1) is 93.2. The molecule has 0 amide bonds. The summed E-state index contributed by atoms with van der Waals surface area (Å²) in [7, 11) is -4.17. The number of phenols is 3. The van der Waals surface area contributed by atoms with Crippen LogP contribution in [0.15, 0.2) is 543 Å². The molecule has 26 aromatic rings. The van der Waals surface area contributed by atoms with Gasteiger partial charge in [-0.15, -0.1) is 0 Å². The van der Waals surface area contributed by atoms with Gasteiger partial charge in [-0.2, -0.15) is 8.42 Å². The number of fused-ring (bicyclic) bond motifs is 12. The largest absolute Gasteiger partial charge is 0.507 e. The summed E-state index contributed by atoms with van der Waals surface area (Å²) in [5, 5.41) is 41.8. The summed E-state index contributed by atoms with van der Waals surface area (Å²) in [6.45, 7) is 1.92. The van der Waals surface area contributed by atoms with Crippen LogP contribution in [0.25, 0.3) is 166 Å². The minimum absolute atomic E-state index is 0.0971. The fraction of sp³-hybridized carbons (Fsp3) is 0.00752. The zero-order valence-corrected chi connectivity index (χ0v) is 83.4. The SMILES string of the molecule is Cc1ccc(S(=O)(=O)Oc2cc3c(cc2-c2ccc(N(c4ccccc4)c4ccc(-c5ccccc5)cc4)cc2)c2ccccc2n3-c2ccccc2)cc1.Oc1cc2c(cc1-c1ccc(Cl)cc1)c1ccccc1n2-c1ccccc1.Oc1cc2c(cc1-c1ccc(N(c3ccccc3)c3ccc(-c4ccccc4)cc3)cc1)c1ccccc1n2-c1ccccc1.Oc1cc2c(cc1Br)c1ccccc1n2-c1ccccc1. The van der Waals surface area contributed by atoms with E-state index in [0.29, 0.717) is 15.1 Å². The molecule has 3 N–H and O–H groups in total. The highest BCUT2D eigenvalue weighted by molar-refractivity contribution is 9.10. The van der Waals surface area contributed by atoms with E-state index in [1.54, 1.807) is 24.3 Å². The molecular formula is C133H94BrClN6O6S. The molecule has 0 bridgehead atoms. The maximum atomic E-state index is 13.9. The minimum Gasteiger partial charge on any atom is -0.507 e. The number of phenolic OH excluding ortho intramolecular Hbond substituents is 3. The molecule has 0 radical (unpaired) electrons. The van der Waals surface area contributed by atoms with Gasteiger partial charge in [0.2, 0.25) is 0 Å². The molecule has 26 rings (SSSR count). The maximum absolute atomic E-state index is 13.9. The molecule has 12 nitrogen and oxygen atoms in total. The van der Waals surface area contributed by atoms with Crippen molar-refractivity contribution < 1.29 is 27.9 Å². The molecule has 22 aromatic carbocycles. The minimum atomic E-state index is -4.17. The van der Waals surface area contributed by atoms with Crippen LogP contribution in [0.4, 0.5) is 34.1 Å². The summed E-state index contributed by atoms with van der Waals surface area (Å²) in [4.78, 5) is 4.57. The van der Waals surface area contributed by atoms with Gasteiger partial charge in [-0.1, -0.05) is 333 Å². The molecule has 4 heterocycles. The number of benzene rings is 22. The lowest BCUT2D eigenvalue weighted by molar-refractivity contribution is 0.472. The number of hydrogen-bond acceptors (Lipinski definition) is 8. The van der Waals surface area contributed by atoms with Crippen LogP contribution in [-0.4, -0.2) is 42.0 Å². The molecule has 712 valence electrons. The average Bonchev–Trinajstić information content (AvgIpc) is 1.59. The zero-order chi connectivity index (χ0) is 100. The summed E-state index contributed by atoms with van der Waals surface area (Å²) in [5.74, 6) is 1.01. The molecule has 148 heavy (non-hydrogen) atoms. The van der Waals surface area contributed by atoms with Gasteiger partial charge in [0.1, 0.15) is 22.1 Å². The van der Waals surface area contributed by atoms with Gasteiger partial charge in [0.15, 0.2) is 5.75 Å². The Bertz CT molecular complexity index is 9450. The van der Waals surface area contributed by atoms with E-state index in [2.05, 4.69) is 341 Å². The molecule has 0 aliphatic carbocycles. The predicted octanol–water partition coefficient (Wildman–Crippen LogP) is 36.0. The Labute approximate surface area is 870 Å². The van der Waals surface area contributed by atoms with Crippen LogP contribution < -0.4 is 14.0 Å². The van der Waals surface area contributed by atoms with Gasteiger partial charge in [-0.3, -0.25) is 0 Å². The lowest BCUT2D eigenvalue weighted by Gasteiger charge is -2.26. The summed E-state index contributed by atoms with van der Waals surface area (Å²) in [5.41, 5.74) is 29.2. The van der Waals surface area contributed by atoms with Crippen LogP contribution in [0.2, 0.25) is 5.02 Å². The molecule has 0 unspecified atom stereocenters. The van der Waals surface area contributed by atoms with Crippen molar-refractivity contribution in [3.63, 3.8) is 0 Å². The van der Waals surface area contributed by atoms with Crippen molar-refractivity contribution >= 4 is 159 Å². The first-order chi connectivity index (χ1) is 72.6. The number of nitrogens with zero attached hydrogens (tertiary/aromatic N) is 6. The standard InChI is InChI=1S/C49H36N2O3S.C42H30N2O.C24H16ClNO.C18H12BrNO/c1-35-21-31-43(32-22-35)55(52,53)54-49-34-48-46(44-19-11-12-20-47(44)51(48)40-17-9-4-10-18-40)33-45(49)38-25-29-42(30-26-38)50(39-15-7-3-8-16-39)41-27-23-37(24-28-41)36-13-5-2-6-14-36;45-42-29-41-39(37-18-10-11-19-40(37)44(41)34-16-8-3-9-17-34)28-38(42)32-22-26-36(27-23-32)43(33-14-6-2-7-15-33)35-24-20-31(21-25-35)30-12-4-1-5-13-30;25-17-12-10-16(11-13-17)20-14-21-19-8-4-5-9-22(19)26(23(21)15-24(20)27)18-6-2-1-3-7-18;19-15-10-14-13-8-4-5-9-16(13)20(17(14)11-18(15)21)12-6-2-1-3-7-12/h2-34H,1H3;1-29,45H;1-15,27H;1-11,21H. The Morgan fingerprint density at radius 3 is 0.824 bits per heavy atom. The molecule has 15 heteroatoms. The van der Waals surface area contributed by atoms with Crippen molar-refractivity contribution in [2.45, 2.75) is 11.8 Å². The summed E-state index contributed by atoms with van der Waals surface area (Å²) in [6.07, 6.45) is 0. The Kier molecular flexibility index (Phi) is 25.7. The second-order valence-electron chi connectivity index (χ2n) is 36.3. The van der Waals surface area contributed by atoms with Crippen LogP contribution in [0.3, 0.4) is 0 Å². The maximum Gasteiger partial charge on any atom is 0.339 e. The number of rotatable bonds is 18. The van der Waals surface area contributed by atoms with E-state index in [0.717, 1.165) is 183 Å². The number of aromatic nitrogens is 4. The fourth-order valence-corrected chi connectivity index (χ4v) is 21.6. The van der Waals surface area contributed by atoms with E-state index in [9.17, 15) is 23.7 Å². The van der Waals surface area contributed by atoms with Crippen molar-refractivity contribution in [3.05, 3.63) is 549 Å². The van der Waals surface area contributed by atoms with Crippen molar-refractivity contribution in [3.8, 4) is 101 Å². The van der Waals surface area contributed by atoms with Crippen LogP contribution in [0.5, 0.6) is 23.0 Å². The number of aryl methyl sites for hydroxylation is 1. The Hall–Kier alpha value is -18.4. The number of anilines is 6. The molecule has 0 spiro atoms. The second-order valence-corrected chi connectivity index (χ2v) is 39.2. The highest BCUT2D eigenvalue weighted by Crippen LogP contribution is 2.49. The predicted molar refractivity (Wildman–Crippen MR) is 616 cm³/mol. The third-order valence-electron chi connectivity index (χ3n) is 27.2. The quantitative estimate of drug-likeness (QED) is 0.0724. The van der Waals surface area contributed by atoms with Gasteiger partial charge >= 0.3 is 10.1 Å². The van der Waals surface area contributed by atoms with Gasteiger partial charge in [-0.25, -0.2) is 0 Å². The van der Waals surface area contributed by atoms with E-state index < -0.39 is 10.1 Å². The van der Waals surface area contributed by atoms with Crippen LogP contribution >= 0.6 is 27.5 Å². The number of halogens is 2. The lowest BCUT2D eigenvalue weighted by atomic mass is 10.0. The fourth-order valence-electron chi connectivity index (χ4n) is 20.2. The van der Waals surface area contributed by atoms with E-state index >= 15 is 0 Å². The molecule has 0 aliphatic rings. The molecule has 4 aromatic heterocycles. The molecule has 0 saturated heterocycles. The molecule has 0 saturated carbocycles. The highest BCUT2D eigenvalue weighted by Gasteiger charge is 2.27. The van der Waals surface area contributed by atoms with Gasteiger partial charge in [0.25, 0.3) is 0 Å². The zero-order valence-electron chi connectivity index (χ0n) is 80.2. The number of hydrogen-bond donors (Lipinski definition) is 3. The monoisotopic (exact) mass is 2020 g/mol. The van der Waals surface area contributed by atoms with Crippen molar-refractivity contribution in [2.75, 3.05) is 9.80 Å². The normalized spacial score (nSPS) is 11.3. The third kappa shape index (κ3) is 18.5. The average molecular weight is 2020 g/mol. The van der Waals surface area contributed by atoms with Gasteiger partial charge in [0, 0.05) is 146 Å². The molecule has 0 atom stereocenters. The first-order valence-electron chi connectivity index (χ1n) is 48.9. The van der Waals surface area contributed by atoms with Gasteiger partial charge in [-0.05, 0) is 256 Å². The smallest absolute Gasteiger partial charge is 0.339 e. The molecule has 0 aliphatic heterocycles. The molecule has 0 fully saturated rings. The van der Waals surface area contributed by atoms with E-state index in [4.69, 9.17) is 15.8 Å². The highest BCUT2D eigenvalue weighted by atomic mass is 79.9. The van der Waals surface area contributed by atoms with Gasteiger partial charge in [0.05, 0.1) is 48.6 Å². The van der Waals surface area contributed by atoms with Crippen molar-refractivity contribution in [1.82, 2.24) is 18.3 Å². The molecular weight excluding hydrogens is 1920 g/mol. The van der Waals surface area contributed by atoms with Crippen LogP contribution in [0, 0.1) is 6.92 Å². The van der Waals surface area contributed by atoms with E-state index in [1.807, 2.05) is 219 Å². The third-order valence-corrected chi connectivity index (χ3v) is 29.3. The van der Waals surface area contributed by atoms with Crippen molar-refractivity contribution in [1.29, 1.82) is 0 Å². The topological polar surface area (TPSA) is 130 Å². The summed E-state index contributed by atoms with van der Waals surface area (Å²) >= 11 is 9.43. The van der Waals surface area contributed by atoms with Gasteiger partial charge < -0.3 is 47.6 Å². The Balaban J connectivity index is 0.000000115. The van der Waals surface area contributed by atoms with Crippen molar-refractivity contribution in [2.24, 2.45) is 0 Å². The lowest BCUT2D eigenvalue weighted by Crippen LogP contribution is -2.11. The van der Waals surface area contributed by atoms with Crippen LogP contribution in [0.1, 0.15) is 5.56 Å². The number of aromatic hydroxyl groups is 3. The van der Waals surface area contributed by atoms with Crippen LogP contribution in [-0.2, 0) is 10.1 Å². The Morgan fingerprint density at radius 1 is 0.236 bits per heavy atom. The second kappa shape index (κ2) is 40.8. The van der Waals surface area contributed by atoms with E-state index in [1.165, 1.54) is 16.5 Å². The number of para-hydroxylation sites is 10.